The van der Waals surface area contributed by atoms with Crippen LogP contribution in [0.2, 0.25) is 0 Å². The number of nitrogens with one attached hydrogen (secondary N) is 1. The molecule has 1 rings (SSSR count). The normalized spacial score (nSPS) is 18.6. The minimum absolute atomic E-state index is 0.184. The van der Waals surface area contributed by atoms with Crippen molar-refractivity contribution in [2.75, 3.05) is 39.8 Å². The number of rotatable bonds is 6. The first kappa shape index (κ1) is 16.8. The van der Waals surface area contributed by atoms with Gasteiger partial charge in [0.05, 0.1) is 5.92 Å². The molecule has 0 aliphatic carbocycles. The highest BCUT2D eigenvalue weighted by Crippen LogP contribution is 2.15. The number of piperidine rings is 1. The predicted octanol–water partition coefficient (Wildman–Crippen LogP) is 1.08. The third-order valence-corrected chi connectivity index (χ3v) is 4.01. The molecule has 1 aliphatic rings. The van der Waals surface area contributed by atoms with Gasteiger partial charge < -0.3 is 20.2 Å². The van der Waals surface area contributed by atoms with Crippen molar-refractivity contribution in [3.63, 3.8) is 0 Å². The Morgan fingerprint density at radius 2 is 2.00 bits per heavy atom. The fourth-order valence-corrected chi connectivity index (χ4v) is 2.45. The van der Waals surface area contributed by atoms with Crippen LogP contribution in [0.3, 0.4) is 0 Å². The number of carboxylic acids is 1. The minimum Gasteiger partial charge on any atom is -0.481 e. The average Bonchev–Trinajstić information content (AvgIpc) is 2.44. The Morgan fingerprint density at radius 3 is 2.50 bits per heavy atom. The molecule has 0 aromatic carbocycles. The van der Waals surface area contributed by atoms with Gasteiger partial charge in [0.2, 0.25) is 0 Å². The van der Waals surface area contributed by atoms with Gasteiger partial charge in [-0.05, 0) is 38.4 Å². The quantitative estimate of drug-likeness (QED) is 0.766. The molecule has 0 aromatic heterocycles. The van der Waals surface area contributed by atoms with Crippen LogP contribution in [0.4, 0.5) is 4.79 Å². The van der Waals surface area contributed by atoms with Gasteiger partial charge in [-0.1, -0.05) is 13.8 Å². The van der Waals surface area contributed by atoms with Crippen LogP contribution < -0.4 is 5.32 Å². The molecule has 1 aliphatic heterocycles. The van der Waals surface area contributed by atoms with Crippen molar-refractivity contribution in [1.29, 1.82) is 0 Å². The van der Waals surface area contributed by atoms with E-state index in [4.69, 9.17) is 5.11 Å². The lowest BCUT2D eigenvalue weighted by Crippen LogP contribution is -2.44. The van der Waals surface area contributed by atoms with Crippen LogP contribution in [0.15, 0.2) is 0 Å². The van der Waals surface area contributed by atoms with E-state index in [2.05, 4.69) is 17.1 Å². The van der Waals surface area contributed by atoms with Gasteiger partial charge in [0.1, 0.15) is 0 Å². The van der Waals surface area contributed by atoms with Crippen molar-refractivity contribution >= 4 is 12.0 Å². The van der Waals surface area contributed by atoms with Crippen molar-refractivity contribution in [3.05, 3.63) is 0 Å². The lowest BCUT2D eigenvalue weighted by Gasteiger charge is -2.31. The SMILES string of the molecule is CCN1CCC(CNC(=O)N(C)CC(C)C(=O)O)CC1. The van der Waals surface area contributed by atoms with Gasteiger partial charge in [-0.2, -0.15) is 0 Å². The summed E-state index contributed by atoms with van der Waals surface area (Å²) in [6.45, 7) is 7.98. The van der Waals surface area contributed by atoms with Crippen LogP contribution >= 0.6 is 0 Å². The molecule has 0 bridgehead atoms. The van der Waals surface area contributed by atoms with E-state index in [1.165, 1.54) is 4.90 Å². The summed E-state index contributed by atoms with van der Waals surface area (Å²) >= 11 is 0. The van der Waals surface area contributed by atoms with E-state index in [9.17, 15) is 9.59 Å². The number of hydrogen-bond donors (Lipinski definition) is 2. The van der Waals surface area contributed by atoms with Crippen LogP contribution in [0.5, 0.6) is 0 Å². The van der Waals surface area contributed by atoms with Crippen LogP contribution in [-0.2, 0) is 4.79 Å². The van der Waals surface area contributed by atoms with E-state index >= 15 is 0 Å². The summed E-state index contributed by atoms with van der Waals surface area (Å²) in [7, 11) is 1.63. The maximum absolute atomic E-state index is 11.9. The van der Waals surface area contributed by atoms with E-state index in [1.807, 2.05) is 0 Å². The number of carbonyl (C=O) groups is 2. The number of amides is 2. The zero-order valence-corrected chi connectivity index (χ0v) is 12.8. The van der Waals surface area contributed by atoms with Crippen molar-refractivity contribution < 1.29 is 14.7 Å². The highest BCUT2D eigenvalue weighted by molar-refractivity contribution is 5.75. The molecule has 1 fully saturated rings. The topological polar surface area (TPSA) is 72.9 Å². The molecule has 116 valence electrons. The molecule has 2 N–H and O–H groups in total. The van der Waals surface area contributed by atoms with Crippen LogP contribution in [0.25, 0.3) is 0 Å². The summed E-state index contributed by atoms with van der Waals surface area (Å²) < 4.78 is 0. The summed E-state index contributed by atoms with van der Waals surface area (Å²) in [4.78, 5) is 26.5. The smallest absolute Gasteiger partial charge is 0.317 e. The van der Waals surface area contributed by atoms with E-state index in [0.29, 0.717) is 12.5 Å². The molecular weight excluding hydrogens is 258 g/mol. The molecule has 1 saturated heterocycles. The summed E-state index contributed by atoms with van der Waals surface area (Å²) in [6, 6.07) is -0.184. The molecular formula is C14H27N3O3. The van der Waals surface area contributed by atoms with Crippen molar-refractivity contribution in [2.45, 2.75) is 26.7 Å². The van der Waals surface area contributed by atoms with Crippen molar-refractivity contribution in [2.24, 2.45) is 11.8 Å². The van der Waals surface area contributed by atoms with Gasteiger partial charge in [-0.15, -0.1) is 0 Å². The van der Waals surface area contributed by atoms with Crippen molar-refractivity contribution in [3.8, 4) is 0 Å². The largest absolute Gasteiger partial charge is 0.481 e. The molecule has 6 nitrogen and oxygen atoms in total. The maximum atomic E-state index is 11.9. The first-order valence-electron chi connectivity index (χ1n) is 7.38. The van der Waals surface area contributed by atoms with Crippen LogP contribution in [0, 0.1) is 11.8 Å². The molecule has 0 aromatic rings. The second-order valence-electron chi connectivity index (χ2n) is 5.68. The van der Waals surface area contributed by atoms with Gasteiger partial charge in [-0.25, -0.2) is 4.79 Å². The Balaban J connectivity index is 2.24. The third kappa shape index (κ3) is 5.36. The zero-order chi connectivity index (χ0) is 15.1. The summed E-state index contributed by atoms with van der Waals surface area (Å²) in [5, 5.41) is 11.7. The van der Waals surface area contributed by atoms with Gasteiger partial charge in [0.25, 0.3) is 0 Å². The predicted molar refractivity (Wildman–Crippen MR) is 77.7 cm³/mol. The van der Waals surface area contributed by atoms with E-state index in [0.717, 1.165) is 32.5 Å². The Morgan fingerprint density at radius 1 is 1.40 bits per heavy atom. The summed E-state index contributed by atoms with van der Waals surface area (Å²) in [5.74, 6) is -0.887. The molecule has 0 spiro atoms. The average molecular weight is 285 g/mol. The number of likely N-dealkylation sites (tertiary alicyclic amines) is 1. The number of aliphatic carboxylic acids is 1. The lowest BCUT2D eigenvalue weighted by molar-refractivity contribution is -0.141. The highest BCUT2D eigenvalue weighted by atomic mass is 16.4. The first-order valence-corrected chi connectivity index (χ1v) is 7.38. The molecule has 20 heavy (non-hydrogen) atoms. The third-order valence-electron chi connectivity index (χ3n) is 4.01. The second-order valence-corrected chi connectivity index (χ2v) is 5.68. The molecule has 0 saturated carbocycles. The van der Waals surface area contributed by atoms with E-state index in [-0.39, 0.29) is 12.6 Å². The first-order chi connectivity index (χ1) is 9.43. The highest BCUT2D eigenvalue weighted by Gasteiger charge is 2.20. The number of hydrogen-bond acceptors (Lipinski definition) is 3. The van der Waals surface area contributed by atoms with Gasteiger partial charge >= 0.3 is 12.0 Å². The number of urea groups is 1. The van der Waals surface area contributed by atoms with Gasteiger partial charge in [-0.3, -0.25) is 4.79 Å². The molecule has 2 amide bonds. The Labute approximate surface area is 121 Å². The van der Waals surface area contributed by atoms with Crippen LogP contribution in [0.1, 0.15) is 26.7 Å². The molecule has 0 radical (unpaired) electrons. The minimum atomic E-state index is -0.878. The van der Waals surface area contributed by atoms with Gasteiger partial charge in [0, 0.05) is 20.1 Å². The Kier molecular flexibility index (Phi) is 6.78. The van der Waals surface area contributed by atoms with E-state index in [1.54, 1.807) is 14.0 Å². The fourth-order valence-electron chi connectivity index (χ4n) is 2.45. The van der Waals surface area contributed by atoms with E-state index < -0.39 is 11.9 Å². The monoisotopic (exact) mass is 285 g/mol. The lowest BCUT2D eigenvalue weighted by atomic mass is 9.97. The number of carbonyl (C=O) groups excluding carboxylic acids is 1. The summed E-state index contributed by atoms with van der Waals surface area (Å²) in [6.07, 6.45) is 2.23. The number of nitrogens with zero attached hydrogens (tertiary/aromatic N) is 2. The second kappa shape index (κ2) is 8.09. The zero-order valence-electron chi connectivity index (χ0n) is 12.8. The standard InChI is InChI=1S/C14H27N3O3/c1-4-17-7-5-12(6-8-17)9-15-14(20)16(3)10-11(2)13(18)19/h11-12H,4-10H2,1-3H3,(H,15,20)(H,18,19). The Bertz CT molecular complexity index is 328. The number of carboxylic acid groups (broad SMARTS) is 1. The maximum Gasteiger partial charge on any atom is 0.317 e. The fraction of sp³-hybridized carbons (Fsp3) is 0.857. The Hall–Kier alpha value is -1.30. The molecule has 1 unspecified atom stereocenters. The molecule has 1 atom stereocenters. The van der Waals surface area contributed by atoms with Crippen molar-refractivity contribution in [1.82, 2.24) is 15.1 Å². The van der Waals surface area contributed by atoms with Crippen LogP contribution in [-0.4, -0.2) is 66.7 Å². The summed E-state index contributed by atoms with van der Waals surface area (Å²) in [5.41, 5.74) is 0. The van der Waals surface area contributed by atoms with Gasteiger partial charge in [0.15, 0.2) is 0 Å². The molecule has 6 heteroatoms. The molecule has 1 heterocycles.